The molecule has 172 valence electrons. The Labute approximate surface area is 194 Å². The van der Waals surface area contributed by atoms with Crippen molar-refractivity contribution in [1.82, 2.24) is 19.7 Å². The van der Waals surface area contributed by atoms with Crippen LogP contribution in [0.25, 0.3) is 11.5 Å². The Morgan fingerprint density at radius 3 is 3.00 bits per heavy atom. The summed E-state index contributed by atoms with van der Waals surface area (Å²) in [6, 6.07) is 7.52. The van der Waals surface area contributed by atoms with Gasteiger partial charge in [-0.2, -0.15) is 4.68 Å². The van der Waals surface area contributed by atoms with Gasteiger partial charge in [0.15, 0.2) is 5.16 Å². The average Bonchev–Trinajstić information content (AvgIpc) is 3.44. The zero-order valence-corrected chi connectivity index (χ0v) is 19.2. The largest absolute Gasteiger partial charge is 0.437 e. The Balaban J connectivity index is 1.52. The van der Waals surface area contributed by atoms with E-state index in [4.69, 9.17) is 9.15 Å². The summed E-state index contributed by atoms with van der Waals surface area (Å²) in [5.41, 5.74) is 1.83. The number of ether oxygens (including phenoxy) is 1. The van der Waals surface area contributed by atoms with Crippen molar-refractivity contribution in [2.75, 3.05) is 42.9 Å². The van der Waals surface area contributed by atoms with E-state index in [-0.39, 0.29) is 17.8 Å². The molecule has 0 aliphatic carbocycles. The van der Waals surface area contributed by atoms with Gasteiger partial charge in [0.05, 0.1) is 13.2 Å². The van der Waals surface area contributed by atoms with Gasteiger partial charge in [-0.15, -0.1) is 5.10 Å². The van der Waals surface area contributed by atoms with Gasteiger partial charge in [-0.1, -0.05) is 17.8 Å². The molecule has 2 aromatic heterocycles. The smallest absolute Gasteiger partial charge is 0.388 e. The highest BCUT2D eigenvalue weighted by atomic mass is 32.2. The molecule has 5 rings (SSSR count). The number of thioether (sulfide) groups is 1. The number of nitrogens with zero attached hydrogens (tertiary/aromatic N) is 6. The van der Waals surface area contributed by atoms with E-state index in [1.807, 2.05) is 24.5 Å². The fourth-order valence-electron chi connectivity index (χ4n) is 4.34. The Morgan fingerprint density at radius 2 is 2.18 bits per heavy atom. The number of rotatable bonds is 6. The summed E-state index contributed by atoms with van der Waals surface area (Å²) in [5.74, 6) is 0.228. The minimum atomic E-state index is -0.546. The minimum Gasteiger partial charge on any atom is -0.388 e. The zero-order chi connectivity index (χ0) is 22.9. The third-order valence-corrected chi connectivity index (χ3v) is 6.53. The van der Waals surface area contributed by atoms with Gasteiger partial charge in [0.2, 0.25) is 5.89 Å². The molecule has 0 N–H and O–H groups in total. The molecular weight excluding hydrogens is 444 g/mol. The maximum atomic E-state index is 13.6. The Hall–Kier alpha value is -3.18. The lowest BCUT2D eigenvalue weighted by Crippen LogP contribution is -2.39. The first-order valence-electron chi connectivity index (χ1n) is 10.8. The van der Waals surface area contributed by atoms with Gasteiger partial charge in [0.1, 0.15) is 11.4 Å². The van der Waals surface area contributed by atoms with Crippen LogP contribution in [0.4, 0.5) is 11.5 Å². The number of anilines is 2. The van der Waals surface area contributed by atoms with Crippen LogP contribution >= 0.6 is 11.8 Å². The van der Waals surface area contributed by atoms with Crippen molar-refractivity contribution in [1.29, 1.82) is 0 Å². The second-order valence-corrected chi connectivity index (χ2v) is 8.71. The Morgan fingerprint density at radius 1 is 1.30 bits per heavy atom. The highest BCUT2D eigenvalue weighted by Crippen LogP contribution is 2.35. The van der Waals surface area contributed by atoms with Crippen molar-refractivity contribution in [2.45, 2.75) is 30.6 Å². The van der Waals surface area contributed by atoms with Crippen molar-refractivity contribution < 1.29 is 13.9 Å². The predicted octanol–water partition coefficient (Wildman–Crippen LogP) is 2.29. The molecular formula is C22H24N6O4S. The van der Waals surface area contributed by atoms with Gasteiger partial charge >= 0.3 is 5.76 Å². The molecule has 0 saturated carbocycles. The molecule has 2 aliphatic rings. The summed E-state index contributed by atoms with van der Waals surface area (Å²) >= 11 is 1.46. The SMILES string of the molecule is COCCn1nc(-c2cccc(N3C[C@@H]4CCCN4c4nc(SC)ncc4C3=O)c2)oc1=O. The Bertz CT molecular complexity index is 1240. The van der Waals surface area contributed by atoms with Crippen LogP contribution in [0, 0.1) is 0 Å². The first-order chi connectivity index (χ1) is 16.1. The molecule has 1 fully saturated rings. The number of hydrogen-bond acceptors (Lipinski definition) is 9. The number of amides is 1. The number of benzene rings is 1. The molecule has 0 spiro atoms. The van der Waals surface area contributed by atoms with Crippen molar-refractivity contribution in [2.24, 2.45) is 0 Å². The molecule has 2 aliphatic heterocycles. The van der Waals surface area contributed by atoms with E-state index in [2.05, 4.69) is 20.0 Å². The summed E-state index contributed by atoms with van der Waals surface area (Å²) in [4.78, 5) is 38.7. The summed E-state index contributed by atoms with van der Waals surface area (Å²) < 4.78 is 11.6. The van der Waals surface area contributed by atoms with Crippen molar-refractivity contribution in [3.8, 4) is 11.5 Å². The van der Waals surface area contributed by atoms with Gasteiger partial charge < -0.3 is 19.0 Å². The third kappa shape index (κ3) is 4.02. The fraction of sp³-hybridized carbons (Fsp3) is 0.409. The number of carbonyl (C=O) groups is 1. The van der Waals surface area contributed by atoms with E-state index < -0.39 is 5.76 Å². The zero-order valence-electron chi connectivity index (χ0n) is 18.4. The van der Waals surface area contributed by atoms with Crippen LogP contribution in [0.3, 0.4) is 0 Å². The summed E-state index contributed by atoms with van der Waals surface area (Å²) in [7, 11) is 1.56. The number of aromatic nitrogens is 4. The average molecular weight is 469 g/mol. The minimum absolute atomic E-state index is 0.142. The predicted molar refractivity (Wildman–Crippen MR) is 124 cm³/mol. The van der Waals surface area contributed by atoms with E-state index in [0.717, 1.165) is 19.4 Å². The number of methoxy groups -OCH3 is 1. The molecule has 11 heteroatoms. The molecule has 0 unspecified atom stereocenters. The van der Waals surface area contributed by atoms with E-state index in [1.54, 1.807) is 24.3 Å². The van der Waals surface area contributed by atoms with Gasteiger partial charge in [0.25, 0.3) is 5.91 Å². The molecule has 10 nitrogen and oxygen atoms in total. The molecule has 0 bridgehead atoms. The first-order valence-corrected chi connectivity index (χ1v) is 12.0. The highest BCUT2D eigenvalue weighted by Gasteiger charge is 2.37. The van der Waals surface area contributed by atoms with E-state index in [9.17, 15) is 9.59 Å². The van der Waals surface area contributed by atoms with Gasteiger partial charge in [-0.25, -0.2) is 14.8 Å². The lowest BCUT2D eigenvalue weighted by molar-refractivity contribution is 0.0988. The summed E-state index contributed by atoms with van der Waals surface area (Å²) in [5, 5.41) is 4.93. The van der Waals surface area contributed by atoms with Crippen LogP contribution < -0.4 is 15.6 Å². The maximum absolute atomic E-state index is 13.6. The van der Waals surface area contributed by atoms with Crippen LogP contribution in [-0.4, -0.2) is 64.8 Å². The topological polar surface area (TPSA) is 107 Å². The van der Waals surface area contributed by atoms with Crippen LogP contribution in [0.15, 0.2) is 44.8 Å². The lowest BCUT2D eigenvalue weighted by Gasteiger charge is -2.27. The van der Waals surface area contributed by atoms with Gasteiger partial charge in [-0.05, 0) is 37.3 Å². The molecule has 3 aromatic rings. The third-order valence-electron chi connectivity index (χ3n) is 5.97. The number of fused-ring (bicyclic) bond motifs is 3. The lowest BCUT2D eigenvalue weighted by atomic mass is 10.1. The van der Waals surface area contributed by atoms with Crippen molar-refractivity contribution in [3.05, 3.63) is 46.6 Å². The monoisotopic (exact) mass is 468 g/mol. The second kappa shape index (κ2) is 8.99. The quantitative estimate of drug-likeness (QED) is 0.398. The molecule has 1 saturated heterocycles. The van der Waals surface area contributed by atoms with Crippen LogP contribution in [0.5, 0.6) is 0 Å². The molecule has 1 atom stereocenters. The fourth-order valence-corrected chi connectivity index (χ4v) is 4.68. The molecule has 0 radical (unpaired) electrons. The van der Waals surface area contributed by atoms with Crippen molar-refractivity contribution >= 4 is 29.2 Å². The van der Waals surface area contributed by atoms with Crippen LogP contribution in [-0.2, 0) is 11.3 Å². The van der Waals surface area contributed by atoms with Crippen LogP contribution in [0.1, 0.15) is 23.2 Å². The maximum Gasteiger partial charge on any atom is 0.437 e. The molecule has 1 amide bonds. The first kappa shape index (κ1) is 21.7. The normalized spacial score (nSPS) is 17.8. The highest BCUT2D eigenvalue weighted by molar-refractivity contribution is 7.98. The van der Waals surface area contributed by atoms with E-state index in [1.165, 1.54) is 16.4 Å². The standard InChI is InChI=1S/C22H24N6O4S/c1-31-10-9-28-22(30)32-19(25-28)14-5-3-6-15(11-14)27-13-16-7-4-8-26(16)18-17(20(27)29)12-23-21(24-18)33-2/h3,5-6,11-12,16H,4,7-10,13H2,1-2H3/t16-/m0/s1. The number of carbonyl (C=O) groups excluding carboxylic acids is 1. The second-order valence-electron chi connectivity index (χ2n) is 7.94. The van der Waals surface area contributed by atoms with Gasteiger partial charge in [0, 0.05) is 43.7 Å². The van der Waals surface area contributed by atoms with Gasteiger partial charge in [-0.3, -0.25) is 4.79 Å². The molecule has 4 heterocycles. The number of hydrogen-bond donors (Lipinski definition) is 0. The molecule has 1 aromatic carbocycles. The van der Waals surface area contributed by atoms with Crippen molar-refractivity contribution in [3.63, 3.8) is 0 Å². The van der Waals surface area contributed by atoms with E-state index >= 15 is 0 Å². The Kier molecular flexibility index (Phi) is 5.90. The summed E-state index contributed by atoms with van der Waals surface area (Å²) in [6.45, 7) is 2.06. The molecule has 33 heavy (non-hydrogen) atoms. The van der Waals surface area contributed by atoms with E-state index in [0.29, 0.717) is 47.5 Å². The van der Waals surface area contributed by atoms with Crippen LogP contribution in [0.2, 0.25) is 0 Å². The summed E-state index contributed by atoms with van der Waals surface area (Å²) in [6.07, 6.45) is 5.59.